The molecule has 4 heteroatoms. The van der Waals surface area contributed by atoms with Crippen LogP contribution in [0.2, 0.25) is 0 Å². The lowest BCUT2D eigenvalue weighted by atomic mass is 10.0. The van der Waals surface area contributed by atoms with Crippen molar-refractivity contribution in [3.8, 4) is 0 Å². The van der Waals surface area contributed by atoms with Crippen molar-refractivity contribution in [1.29, 1.82) is 0 Å². The van der Waals surface area contributed by atoms with Gasteiger partial charge in [0.15, 0.2) is 0 Å². The van der Waals surface area contributed by atoms with Crippen molar-refractivity contribution in [3.05, 3.63) is 0 Å². The molecule has 1 N–H and O–H groups in total. The number of likely N-dealkylation sites (tertiary alicyclic amines) is 1. The molecular formula is C13H24N2O2. The summed E-state index contributed by atoms with van der Waals surface area (Å²) in [6.07, 6.45) is 5.26. The van der Waals surface area contributed by atoms with Gasteiger partial charge in [0.25, 0.3) is 5.91 Å². The Morgan fingerprint density at radius 2 is 2.24 bits per heavy atom. The van der Waals surface area contributed by atoms with Gasteiger partial charge in [-0.05, 0) is 38.6 Å². The first kappa shape index (κ1) is 12.8. The van der Waals surface area contributed by atoms with Crippen LogP contribution in [0.3, 0.4) is 0 Å². The van der Waals surface area contributed by atoms with Gasteiger partial charge in [0.1, 0.15) is 6.10 Å². The average molecular weight is 240 g/mol. The lowest BCUT2D eigenvalue weighted by Crippen LogP contribution is -2.51. The Morgan fingerprint density at radius 3 is 2.94 bits per heavy atom. The predicted molar refractivity (Wildman–Crippen MR) is 66.9 cm³/mol. The van der Waals surface area contributed by atoms with E-state index in [4.69, 9.17) is 4.74 Å². The normalized spacial score (nSPS) is 30.3. The fourth-order valence-electron chi connectivity index (χ4n) is 2.77. The zero-order valence-corrected chi connectivity index (χ0v) is 10.8. The molecule has 2 atom stereocenters. The number of hydrogen-bond acceptors (Lipinski definition) is 3. The summed E-state index contributed by atoms with van der Waals surface area (Å²) in [5, 5.41) is 3.44. The number of nitrogens with zero attached hydrogens (tertiary/aromatic N) is 1. The molecule has 2 aliphatic heterocycles. The largest absolute Gasteiger partial charge is 0.368 e. The fourth-order valence-corrected chi connectivity index (χ4v) is 2.77. The van der Waals surface area contributed by atoms with Crippen LogP contribution in [-0.2, 0) is 9.53 Å². The molecular weight excluding hydrogens is 216 g/mol. The molecule has 0 aromatic rings. The van der Waals surface area contributed by atoms with Crippen molar-refractivity contribution in [3.63, 3.8) is 0 Å². The number of ether oxygens (including phenoxy) is 1. The first-order chi connectivity index (χ1) is 8.31. The molecule has 2 heterocycles. The molecule has 2 aliphatic rings. The van der Waals surface area contributed by atoms with E-state index in [1.54, 1.807) is 0 Å². The van der Waals surface area contributed by atoms with E-state index < -0.39 is 0 Å². The Labute approximate surface area is 104 Å². The second-order valence-electron chi connectivity index (χ2n) is 5.04. The van der Waals surface area contributed by atoms with Gasteiger partial charge >= 0.3 is 0 Å². The molecule has 0 aliphatic carbocycles. The molecule has 0 saturated carbocycles. The second-order valence-corrected chi connectivity index (χ2v) is 5.04. The van der Waals surface area contributed by atoms with Gasteiger partial charge in [-0.15, -0.1) is 0 Å². The molecule has 98 valence electrons. The summed E-state index contributed by atoms with van der Waals surface area (Å²) in [7, 11) is 0. The maximum Gasteiger partial charge on any atom is 0.251 e. The monoisotopic (exact) mass is 240 g/mol. The topological polar surface area (TPSA) is 41.6 Å². The fraction of sp³-hybridized carbons (Fsp3) is 0.923. The van der Waals surface area contributed by atoms with E-state index in [1.807, 2.05) is 4.90 Å². The van der Waals surface area contributed by atoms with Crippen LogP contribution in [0, 0.1) is 0 Å². The number of carbonyl (C=O) groups is 1. The van der Waals surface area contributed by atoms with E-state index >= 15 is 0 Å². The number of carbonyl (C=O) groups excluding carboxylic acids is 1. The molecule has 4 nitrogen and oxygen atoms in total. The van der Waals surface area contributed by atoms with Crippen molar-refractivity contribution in [2.24, 2.45) is 0 Å². The van der Waals surface area contributed by atoms with Crippen LogP contribution in [0.5, 0.6) is 0 Å². The smallest absolute Gasteiger partial charge is 0.251 e. The zero-order valence-electron chi connectivity index (χ0n) is 10.8. The van der Waals surface area contributed by atoms with Crippen molar-refractivity contribution in [1.82, 2.24) is 10.2 Å². The number of likely N-dealkylation sites (N-methyl/N-ethyl adjacent to an activating group) is 1. The van der Waals surface area contributed by atoms with E-state index in [-0.39, 0.29) is 12.0 Å². The highest BCUT2D eigenvalue weighted by molar-refractivity contribution is 5.81. The summed E-state index contributed by atoms with van der Waals surface area (Å²) in [5.74, 6) is 0.215. The number of piperidine rings is 1. The summed E-state index contributed by atoms with van der Waals surface area (Å²) < 4.78 is 5.58. The third-order valence-corrected chi connectivity index (χ3v) is 3.68. The van der Waals surface area contributed by atoms with E-state index in [9.17, 15) is 4.79 Å². The predicted octanol–water partition coefficient (Wildman–Crippen LogP) is 1.16. The number of nitrogens with one attached hydrogen (secondary N) is 1. The van der Waals surface area contributed by atoms with E-state index in [2.05, 4.69) is 12.2 Å². The second kappa shape index (κ2) is 6.36. The SMILES string of the molecule is CCNC1CCCN(C(=O)C2CCCCO2)C1. The molecule has 0 radical (unpaired) electrons. The number of rotatable bonds is 3. The molecule has 2 rings (SSSR count). The molecule has 1 amide bonds. The minimum Gasteiger partial charge on any atom is -0.368 e. The molecule has 2 unspecified atom stereocenters. The Kier molecular flexibility index (Phi) is 4.80. The van der Waals surface area contributed by atoms with Crippen LogP contribution < -0.4 is 5.32 Å². The Balaban J connectivity index is 1.85. The summed E-state index contributed by atoms with van der Waals surface area (Å²) in [6.45, 7) is 5.60. The lowest BCUT2D eigenvalue weighted by Gasteiger charge is -2.36. The average Bonchev–Trinajstić information content (AvgIpc) is 2.40. The van der Waals surface area contributed by atoms with Crippen LogP contribution in [0.15, 0.2) is 0 Å². The summed E-state index contributed by atoms with van der Waals surface area (Å²) in [6, 6.07) is 0.473. The van der Waals surface area contributed by atoms with Gasteiger partial charge in [0, 0.05) is 25.7 Å². The molecule has 0 bridgehead atoms. The van der Waals surface area contributed by atoms with Gasteiger partial charge in [-0.3, -0.25) is 4.79 Å². The Bertz CT molecular complexity index is 250. The molecule has 0 aromatic carbocycles. The van der Waals surface area contributed by atoms with Gasteiger partial charge in [-0.1, -0.05) is 6.92 Å². The van der Waals surface area contributed by atoms with Gasteiger partial charge in [-0.25, -0.2) is 0 Å². The van der Waals surface area contributed by atoms with Crippen LogP contribution in [-0.4, -0.2) is 49.2 Å². The molecule has 2 fully saturated rings. The minimum absolute atomic E-state index is 0.163. The third-order valence-electron chi connectivity index (χ3n) is 3.68. The first-order valence-corrected chi connectivity index (χ1v) is 6.95. The highest BCUT2D eigenvalue weighted by Gasteiger charge is 2.30. The van der Waals surface area contributed by atoms with Crippen molar-refractivity contribution in [2.45, 2.75) is 51.2 Å². The number of amides is 1. The standard InChI is InChI=1S/C13H24N2O2/c1-2-14-11-6-5-8-15(10-11)13(16)12-7-3-4-9-17-12/h11-12,14H,2-10H2,1H3. The Morgan fingerprint density at radius 1 is 1.35 bits per heavy atom. The van der Waals surface area contributed by atoms with Crippen LogP contribution >= 0.6 is 0 Å². The van der Waals surface area contributed by atoms with Crippen LogP contribution in [0.25, 0.3) is 0 Å². The number of hydrogen-bond donors (Lipinski definition) is 1. The zero-order chi connectivity index (χ0) is 12.1. The molecule has 0 spiro atoms. The quantitative estimate of drug-likeness (QED) is 0.805. The van der Waals surface area contributed by atoms with Gasteiger partial charge in [0.05, 0.1) is 0 Å². The molecule has 0 aromatic heterocycles. The molecule has 2 saturated heterocycles. The van der Waals surface area contributed by atoms with Crippen molar-refractivity contribution < 1.29 is 9.53 Å². The van der Waals surface area contributed by atoms with E-state index in [1.165, 1.54) is 6.42 Å². The maximum atomic E-state index is 12.3. The summed E-state index contributed by atoms with van der Waals surface area (Å²) in [4.78, 5) is 14.3. The van der Waals surface area contributed by atoms with Crippen LogP contribution in [0.4, 0.5) is 0 Å². The van der Waals surface area contributed by atoms with Gasteiger partial charge in [-0.2, -0.15) is 0 Å². The first-order valence-electron chi connectivity index (χ1n) is 6.95. The van der Waals surface area contributed by atoms with E-state index in [0.29, 0.717) is 6.04 Å². The third kappa shape index (κ3) is 3.42. The van der Waals surface area contributed by atoms with Crippen molar-refractivity contribution >= 4 is 5.91 Å². The summed E-state index contributed by atoms with van der Waals surface area (Å²) >= 11 is 0. The van der Waals surface area contributed by atoms with Crippen LogP contribution in [0.1, 0.15) is 39.0 Å². The highest BCUT2D eigenvalue weighted by atomic mass is 16.5. The maximum absolute atomic E-state index is 12.3. The highest BCUT2D eigenvalue weighted by Crippen LogP contribution is 2.18. The van der Waals surface area contributed by atoms with Gasteiger partial charge in [0.2, 0.25) is 0 Å². The Hall–Kier alpha value is -0.610. The lowest BCUT2D eigenvalue weighted by molar-refractivity contribution is -0.147. The summed E-state index contributed by atoms with van der Waals surface area (Å²) in [5.41, 5.74) is 0. The van der Waals surface area contributed by atoms with Crippen molar-refractivity contribution in [2.75, 3.05) is 26.2 Å². The van der Waals surface area contributed by atoms with E-state index in [0.717, 1.165) is 51.9 Å². The minimum atomic E-state index is -0.163. The molecule has 17 heavy (non-hydrogen) atoms. The van der Waals surface area contributed by atoms with Gasteiger partial charge < -0.3 is 15.0 Å².